The number of carboxylic acid groups (broad SMARTS) is 1. The molecule has 182 valence electrons. The molecule has 1 aromatic carbocycles. The van der Waals surface area contributed by atoms with Gasteiger partial charge in [-0.05, 0) is 52.9 Å². The van der Waals surface area contributed by atoms with E-state index in [9.17, 15) is 19.5 Å². The molecule has 1 aliphatic carbocycles. The minimum Gasteiger partial charge on any atom is -0.480 e. The minimum atomic E-state index is -1.28. The lowest BCUT2D eigenvalue weighted by molar-refractivity contribution is -0.155. The molecule has 1 unspecified atom stereocenters. The van der Waals surface area contributed by atoms with Gasteiger partial charge in [0.15, 0.2) is 5.82 Å². The summed E-state index contributed by atoms with van der Waals surface area (Å²) in [5.41, 5.74) is 0.0160. The fourth-order valence-electron chi connectivity index (χ4n) is 3.64. The molecule has 0 saturated heterocycles. The third kappa shape index (κ3) is 7.54. The third-order valence-corrected chi connectivity index (χ3v) is 5.22. The van der Waals surface area contributed by atoms with Crippen LogP contribution in [0.15, 0.2) is 36.4 Å². The Balaban J connectivity index is 1.78. The molecule has 1 aromatic heterocycles. The normalized spacial score (nSPS) is 14.9. The molecule has 1 fully saturated rings. The van der Waals surface area contributed by atoms with E-state index in [1.54, 1.807) is 20.8 Å². The summed E-state index contributed by atoms with van der Waals surface area (Å²) >= 11 is 0. The van der Waals surface area contributed by atoms with E-state index in [1.165, 1.54) is 6.07 Å². The molecule has 9 nitrogen and oxygen atoms in total. The fraction of sp³-hybridized carbons (Fsp3) is 0.480. The molecule has 1 amide bonds. The van der Waals surface area contributed by atoms with Gasteiger partial charge in [-0.15, -0.1) is 0 Å². The second-order valence-corrected chi connectivity index (χ2v) is 9.29. The highest BCUT2D eigenvalue weighted by atomic mass is 16.6. The number of carbonyl (C=O) groups is 3. The van der Waals surface area contributed by atoms with E-state index in [2.05, 4.69) is 15.3 Å². The number of benzene rings is 1. The van der Waals surface area contributed by atoms with Gasteiger partial charge >= 0.3 is 11.9 Å². The van der Waals surface area contributed by atoms with Crippen LogP contribution < -0.4 is 10.1 Å². The Kier molecular flexibility index (Phi) is 8.20. The number of ether oxygens (including phenoxy) is 2. The van der Waals surface area contributed by atoms with Crippen LogP contribution in [0.2, 0.25) is 0 Å². The molecule has 0 radical (unpaired) electrons. The maximum atomic E-state index is 13.0. The average molecular weight is 470 g/mol. The van der Waals surface area contributed by atoms with E-state index in [4.69, 9.17) is 9.47 Å². The molecule has 1 aliphatic rings. The zero-order valence-corrected chi connectivity index (χ0v) is 19.7. The summed E-state index contributed by atoms with van der Waals surface area (Å²) < 4.78 is 11.2. The topological polar surface area (TPSA) is 128 Å². The van der Waals surface area contributed by atoms with Crippen LogP contribution in [-0.4, -0.2) is 50.7 Å². The number of rotatable bonds is 9. The van der Waals surface area contributed by atoms with Crippen molar-refractivity contribution in [2.45, 2.75) is 77.0 Å². The van der Waals surface area contributed by atoms with Crippen molar-refractivity contribution in [3.05, 3.63) is 42.1 Å². The van der Waals surface area contributed by atoms with E-state index < -0.39 is 29.5 Å². The molecule has 1 heterocycles. The minimum absolute atomic E-state index is 0.00892. The van der Waals surface area contributed by atoms with E-state index in [0.29, 0.717) is 11.4 Å². The molecule has 2 N–H and O–H groups in total. The quantitative estimate of drug-likeness (QED) is 0.531. The highest BCUT2D eigenvalue weighted by Gasteiger charge is 2.26. The van der Waals surface area contributed by atoms with Crippen molar-refractivity contribution in [1.29, 1.82) is 0 Å². The molecule has 2 aromatic rings. The number of aliphatic carboxylic acids is 1. The van der Waals surface area contributed by atoms with Crippen molar-refractivity contribution in [3.8, 4) is 17.3 Å². The van der Waals surface area contributed by atoms with Gasteiger partial charge in [0.2, 0.25) is 5.88 Å². The van der Waals surface area contributed by atoms with Crippen LogP contribution in [0.3, 0.4) is 0 Å². The largest absolute Gasteiger partial charge is 0.480 e. The average Bonchev–Trinajstić information content (AvgIpc) is 3.28. The molecule has 34 heavy (non-hydrogen) atoms. The maximum absolute atomic E-state index is 13.0. The van der Waals surface area contributed by atoms with E-state index in [-0.39, 0.29) is 30.5 Å². The van der Waals surface area contributed by atoms with Gasteiger partial charge in [0.25, 0.3) is 5.91 Å². The molecule has 1 saturated carbocycles. The predicted molar refractivity (Wildman–Crippen MR) is 124 cm³/mol. The van der Waals surface area contributed by atoms with Gasteiger partial charge < -0.3 is 19.9 Å². The van der Waals surface area contributed by atoms with Crippen LogP contribution in [0, 0.1) is 0 Å². The fourth-order valence-corrected chi connectivity index (χ4v) is 3.64. The van der Waals surface area contributed by atoms with Gasteiger partial charge in [0, 0.05) is 18.1 Å². The molecule has 1 atom stereocenters. The lowest BCUT2D eigenvalue weighted by atomic mass is 10.1. The van der Waals surface area contributed by atoms with Gasteiger partial charge in [-0.25, -0.2) is 9.78 Å². The first-order valence-electron chi connectivity index (χ1n) is 11.5. The van der Waals surface area contributed by atoms with Crippen LogP contribution in [0.4, 0.5) is 0 Å². The number of carbonyl (C=O) groups excluding carboxylic acids is 2. The molecule has 0 aliphatic heterocycles. The number of nitrogens with one attached hydrogen (secondary N) is 1. The first-order chi connectivity index (χ1) is 16.1. The second-order valence-electron chi connectivity index (χ2n) is 9.29. The van der Waals surface area contributed by atoms with Crippen molar-refractivity contribution >= 4 is 17.8 Å². The maximum Gasteiger partial charge on any atom is 0.326 e. The molecule has 0 spiro atoms. The number of aromatic nitrogens is 2. The van der Waals surface area contributed by atoms with E-state index >= 15 is 0 Å². The van der Waals surface area contributed by atoms with E-state index in [0.717, 1.165) is 25.7 Å². The van der Waals surface area contributed by atoms with Gasteiger partial charge in [-0.2, -0.15) is 4.98 Å². The summed E-state index contributed by atoms with van der Waals surface area (Å²) in [5, 5.41) is 12.0. The Bertz CT molecular complexity index is 1010. The predicted octanol–water partition coefficient (Wildman–Crippen LogP) is 3.77. The Hall–Kier alpha value is -3.49. The van der Waals surface area contributed by atoms with Crippen molar-refractivity contribution in [1.82, 2.24) is 15.3 Å². The lowest BCUT2D eigenvalue weighted by Crippen LogP contribution is -2.41. The SMILES string of the molecule is CC(C)(C)OC(=O)CCC(NC(=O)c1cc(OC2CCCC2)nc(-c2ccccc2)n1)C(=O)O. The molecule has 3 rings (SSSR count). The molecular weight excluding hydrogens is 438 g/mol. The zero-order valence-electron chi connectivity index (χ0n) is 19.7. The molecular formula is C25H31N3O6. The Morgan fingerprint density at radius 2 is 1.79 bits per heavy atom. The standard InChI is InChI=1S/C25H31N3O6/c1-25(2,3)34-21(29)14-13-18(24(31)32)27-23(30)19-15-20(33-17-11-7-8-12-17)28-22(26-19)16-9-5-4-6-10-16/h4-6,9-10,15,17-18H,7-8,11-14H2,1-3H3,(H,27,30)(H,31,32). The number of hydrogen-bond donors (Lipinski definition) is 2. The third-order valence-electron chi connectivity index (χ3n) is 5.22. The van der Waals surface area contributed by atoms with Crippen LogP contribution >= 0.6 is 0 Å². The number of nitrogens with zero attached hydrogens (tertiary/aromatic N) is 2. The molecule has 9 heteroatoms. The number of esters is 1. The van der Waals surface area contributed by atoms with Crippen LogP contribution in [0.25, 0.3) is 11.4 Å². The van der Waals surface area contributed by atoms with Gasteiger partial charge in [-0.1, -0.05) is 30.3 Å². The Morgan fingerprint density at radius 1 is 1.12 bits per heavy atom. The van der Waals surface area contributed by atoms with Gasteiger partial charge in [0.05, 0.1) is 0 Å². The highest BCUT2D eigenvalue weighted by molar-refractivity contribution is 5.95. The Labute approximate surface area is 198 Å². The second kappa shape index (κ2) is 11.1. The van der Waals surface area contributed by atoms with Crippen molar-refractivity contribution in [2.24, 2.45) is 0 Å². The van der Waals surface area contributed by atoms with Crippen molar-refractivity contribution < 1.29 is 29.0 Å². The highest BCUT2D eigenvalue weighted by Crippen LogP contribution is 2.25. The van der Waals surface area contributed by atoms with Crippen molar-refractivity contribution in [3.63, 3.8) is 0 Å². The number of carboxylic acids is 1. The Morgan fingerprint density at radius 3 is 2.41 bits per heavy atom. The summed E-state index contributed by atoms with van der Waals surface area (Å²) in [5.74, 6) is -1.90. The zero-order chi connectivity index (χ0) is 24.7. The summed E-state index contributed by atoms with van der Waals surface area (Å²) in [6.07, 6.45) is 3.74. The van der Waals surface area contributed by atoms with Gasteiger partial charge in [-0.3, -0.25) is 9.59 Å². The number of amides is 1. The molecule has 0 bridgehead atoms. The summed E-state index contributed by atoms with van der Waals surface area (Å²) in [4.78, 5) is 45.5. The van der Waals surface area contributed by atoms with E-state index in [1.807, 2.05) is 30.3 Å². The summed E-state index contributed by atoms with van der Waals surface area (Å²) in [6, 6.07) is 9.30. The number of hydrogen-bond acceptors (Lipinski definition) is 7. The monoisotopic (exact) mass is 469 g/mol. The lowest BCUT2D eigenvalue weighted by Gasteiger charge is -2.20. The first-order valence-corrected chi connectivity index (χ1v) is 11.5. The summed E-state index contributed by atoms with van der Waals surface area (Å²) in [7, 11) is 0. The van der Waals surface area contributed by atoms with Crippen LogP contribution in [-0.2, 0) is 14.3 Å². The van der Waals surface area contributed by atoms with Crippen molar-refractivity contribution in [2.75, 3.05) is 0 Å². The summed E-state index contributed by atoms with van der Waals surface area (Å²) in [6.45, 7) is 5.18. The first kappa shape index (κ1) is 25.1. The van der Waals surface area contributed by atoms with Crippen LogP contribution in [0.1, 0.15) is 69.8 Å². The smallest absolute Gasteiger partial charge is 0.326 e. The van der Waals surface area contributed by atoms with Gasteiger partial charge in [0.1, 0.15) is 23.4 Å². The van der Waals surface area contributed by atoms with Crippen LogP contribution in [0.5, 0.6) is 5.88 Å².